The van der Waals surface area contributed by atoms with Crippen molar-refractivity contribution in [1.82, 2.24) is 5.32 Å². The van der Waals surface area contributed by atoms with Gasteiger partial charge in [-0.1, -0.05) is 6.07 Å². The van der Waals surface area contributed by atoms with Gasteiger partial charge in [0.1, 0.15) is 5.82 Å². The Balaban J connectivity index is 1.97. The Morgan fingerprint density at radius 2 is 2.32 bits per heavy atom. The summed E-state index contributed by atoms with van der Waals surface area (Å²) >= 11 is 0. The van der Waals surface area contributed by atoms with Crippen LogP contribution < -0.4 is 5.32 Å². The lowest BCUT2D eigenvalue weighted by Gasteiger charge is -2.21. The van der Waals surface area contributed by atoms with E-state index >= 15 is 0 Å². The molecule has 2 unspecified atom stereocenters. The summed E-state index contributed by atoms with van der Waals surface area (Å²) in [7, 11) is 1.70. The summed E-state index contributed by atoms with van der Waals surface area (Å²) in [5.74, 6) is 0.259. The molecule has 0 bridgehead atoms. The van der Waals surface area contributed by atoms with Crippen molar-refractivity contribution < 1.29 is 13.9 Å². The van der Waals surface area contributed by atoms with Gasteiger partial charge >= 0.3 is 0 Å². The zero-order valence-corrected chi connectivity index (χ0v) is 11.6. The number of ether oxygens (including phenoxy) is 2. The molecule has 0 amide bonds. The first-order valence-electron chi connectivity index (χ1n) is 6.79. The Morgan fingerprint density at radius 1 is 1.47 bits per heavy atom. The van der Waals surface area contributed by atoms with Crippen LogP contribution in [0.1, 0.15) is 23.7 Å². The third-order valence-corrected chi connectivity index (χ3v) is 3.64. The fourth-order valence-corrected chi connectivity index (χ4v) is 2.61. The SMILES string of the molecule is COCCNCC1CCOC1c1ccc(F)cc1C. The summed E-state index contributed by atoms with van der Waals surface area (Å²) in [4.78, 5) is 0. The predicted molar refractivity (Wildman–Crippen MR) is 72.7 cm³/mol. The second kappa shape index (κ2) is 6.98. The zero-order chi connectivity index (χ0) is 13.7. The second-order valence-electron chi connectivity index (χ2n) is 5.04. The highest BCUT2D eigenvalue weighted by atomic mass is 19.1. The van der Waals surface area contributed by atoms with Gasteiger partial charge in [0.2, 0.25) is 0 Å². The second-order valence-corrected chi connectivity index (χ2v) is 5.04. The van der Waals surface area contributed by atoms with Crippen molar-refractivity contribution in [3.8, 4) is 0 Å². The minimum Gasteiger partial charge on any atom is -0.383 e. The van der Waals surface area contributed by atoms with Gasteiger partial charge in [0.15, 0.2) is 0 Å². The maximum Gasteiger partial charge on any atom is 0.123 e. The molecule has 1 heterocycles. The van der Waals surface area contributed by atoms with Crippen LogP contribution in [-0.4, -0.2) is 33.4 Å². The number of methoxy groups -OCH3 is 1. The van der Waals surface area contributed by atoms with Gasteiger partial charge in [0, 0.05) is 32.7 Å². The Bertz CT molecular complexity index is 411. The molecule has 1 N–H and O–H groups in total. The van der Waals surface area contributed by atoms with Crippen LogP contribution >= 0.6 is 0 Å². The van der Waals surface area contributed by atoms with Crippen molar-refractivity contribution in [2.45, 2.75) is 19.4 Å². The summed E-state index contributed by atoms with van der Waals surface area (Å²) < 4.78 is 24.0. The maximum absolute atomic E-state index is 13.2. The number of benzene rings is 1. The van der Waals surface area contributed by atoms with E-state index in [0.717, 1.165) is 37.2 Å². The van der Waals surface area contributed by atoms with E-state index in [0.29, 0.717) is 12.5 Å². The number of halogens is 1. The molecular formula is C15H22FNO2. The monoisotopic (exact) mass is 267 g/mol. The lowest BCUT2D eigenvalue weighted by Crippen LogP contribution is -2.27. The molecule has 2 rings (SSSR count). The third kappa shape index (κ3) is 3.75. The smallest absolute Gasteiger partial charge is 0.123 e. The molecule has 1 saturated heterocycles. The Hall–Kier alpha value is -0.970. The Morgan fingerprint density at radius 3 is 3.05 bits per heavy atom. The van der Waals surface area contributed by atoms with Crippen LogP contribution in [0.25, 0.3) is 0 Å². The molecule has 1 aliphatic rings. The molecule has 0 spiro atoms. The minimum atomic E-state index is -0.186. The first kappa shape index (κ1) is 14.4. The molecule has 2 atom stereocenters. The van der Waals surface area contributed by atoms with Crippen LogP contribution in [0, 0.1) is 18.7 Å². The number of hydrogen-bond donors (Lipinski definition) is 1. The van der Waals surface area contributed by atoms with Crippen molar-refractivity contribution in [3.05, 3.63) is 35.1 Å². The molecule has 0 saturated carbocycles. The molecule has 106 valence electrons. The van der Waals surface area contributed by atoms with Gasteiger partial charge in [-0.25, -0.2) is 4.39 Å². The normalized spacial score (nSPS) is 22.9. The fourth-order valence-electron chi connectivity index (χ4n) is 2.61. The van der Waals surface area contributed by atoms with E-state index in [1.165, 1.54) is 6.07 Å². The molecule has 0 aliphatic carbocycles. The van der Waals surface area contributed by atoms with Crippen molar-refractivity contribution >= 4 is 0 Å². The highest BCUT2D eigenvalue weighted by molar-refractivity contribution is 5.29. The number of hydrogen-bond acceptors (Lipinski definition) is 3. The number of nitrogens with one attached hydrogen (secondary N) is 1. The lowest BCUT2D eigenvalue weighted by atomic mass is 9.92. The van der Waals surface area contributed by atoms with Crippen molar-refractivity contribution in [3.63, 3.8) is 0 Å². The molecule has 0 aromatic heterocycles. The van der Waals surface area contributed by atoms with E-state index in [4.69, 9.17) is 9.47 Å². The molecule has 19 heavy (non-hydrogen) atoms. The summed E-state index contributed by atoms with van der Waals surface area (Å²) in [6, 6.07) is 4.94. The highest BCUT2D eigenvalue weighted by Crippen LogP contribution is 2.35. The van der Waals surface area contributed by atoms with Crippen molar-refractivity contribution in [1.29, 1.82) is 0 Å². The third-order valence-electron chi connectivity index (χ3n) is 3.64. The Kier molecular flexibility index (Phi) is 5.31. The fraction of sp³-hybridized carbons (Fsp3) is 0.600. The van der Waals surface area contributed by atoms with Gasteiger partial charge < -0.3 is 14.8 Å². The molecule has 0 radical (unpaired) electrons. The van der Waals surface area contributed by atoms with E-state index in [1.807, 2.05) is 13.0 Å². The average molecular weight is 267 g/mol. The molecule has 1 aromatic carbocycles. The molecule has 3 nitrogen and oxygen atoms in total. The van der Waals surface area contributed by atoms with Crippen molar-refractivity contribution in [2.24, 2.45) is 5.92 Å². The van der Waals surface area contributed by atoms with Gasteiger partial charge in [0.05, 0.1) is 12.7 Å². The average Bonchev–Trinajstić information content (AvgIpc) is 2.83. The topological polar surface area (TPSA) is 30.5 Å². The first-order chi connectivity index (χ1) is 9.22. The largest absolute Gasteiger partial charge is 0.383 e. The highest BCUT2D eigenvalue weighted by Gasteiger charge is 2.30. The summed E-state index contributed by atoms with van der Waals surface area (Å²) in [6.45, 7) is 5.19. The van der Waals surface area contributed by atoms with Gasteiger partial charge in [-0.3, -0.25) is 0 Å². The summed E-state index contributed by atoms with van der Waals surface area (Å²) in [5, 5.41) is 3.38. The van der Waals surface area contributed by atoms with Crippen LogP contribution in [0.4, 0.5) is 4.39 Å². The summed E-state index contributed by atoms with van der Waals surface area (Å²) in [5.41, 5.74) is 2.08. The molecular weight excluding hydrogens is 245 g/mol. The maximum atomic E-state index is 13.2. The van der Waals surface area contributed by atoms with Gasteiger partial charge in [0.25, 0.3) is 0 Å². The lowest BCUT2D eigenvalue weighted by molar-refractivity contribution is 0.0893. The van der Waals surface area contributed by atoms with Crippen LogP contribution in [-0.2, 0) is 9.47 Å². The van der Waals surface area contributed by atoms with Gasteiger partial charge in [-0.05, 0) is 36.6 Å². The van der Waals surface area contributed by atoms with Crippen LogP contribution in [0.5, 0.6) is 0 Å². The van der Waals surface area contributed by atoms with Crippen LogP contribution in [0.2, 0.25) is 0 Å². The van der Waals surface area contributed by atoms with E-state index in [2.05, 4.69) is 5.32 Å². The van der Waals surface area contributed by atoms with E-state index in [9.17, 15) is 4.39 Å². The minimum absolute atomic E-state index is 0.0793. The van der Waals surface area contributed by atoms with E-state index in [-0.39, 0.29) is 11.9 Å². The molecule has 1 fully saturated rings. The van der Waals surface area contributed by atoms with E-state index in [1.54, 1.807) is 13.2 Å². The van der Waals surface area contributed by atoms with Crippen LogP contribution in [0.3, 0.4) is 0 Å². The number of aryl methyl sites for hydroxylation is 1. The molecule has 1 aliphatic heterocycles. The Labute approximate surface area is 114 Å². The number of rotatable bonds is 6. The summed E-state index contributed by atoms with van der Waals surface area (Å²) in [6.07, 6.45) is 1.12. The quantitative estimate of drug-likeness (QED) is 0.803. The molecule has 1 aromatic rings. The standard InChI is InChI=1S/C15H22FNO2/c1-11-9-13(16)3-4-14(11)15-12(5-7-19-15)10-17-6-8-18-2/h3-4,9,12,15,17H,5-8,10H2,1-2H3. The zero-order valence-electron chi connectivity index (χ0n) is 11.6. The predicted octanol–water partition coefficient (Wildman–Crippen LogP) is 2.45. The van der Waals surface area contributed by atoms with Gasteiger partial charge in [-0.2, -0.15) is 0 Å². The molecule has 4 heteroatoms. The van der Waals surface area contributed by atoms with Crippen LogP contribution in [0.15, 0.2) is 18.2 Å². The van der Waals surface area contributed by atoms with E-state index < -0.39 is 0 Å². The van der Waals surface area contributed by atoms with Gasteiger partial charge in [-0.15, -0.1) is 0 Å². The first-order valence-corrected chi connectivity index (χ1v) is 6.79. The van der Waals surface area contributed by atoms with Crippen molar-refractivity contribution in [2.75, 3.05) is 33.4 Å².